The first kappa shape index (κ1) is 21.1. The summed E-state index contributed by atoms with van der Waals surface area (Å²) in [7, 11) is 0. The number of nitriles is 1. The zero-order chi connectivity index (χ0) is 21.0. The number of aromatic nitrogens is 1. The Morgan fingerprint density at radius 3 is 2.79 bits per heavy atom. The molecule has 0 saturated carbocycles. The number of rotatable bonds is 6. The Kier molecular flexibility index (Phi) is 6.44. The molecule has 29 heavy (non-hydrogen) atoms. The minimum Gasteiger partial charge on any atom is -0.342 e. The van der Waals surface area contributed by atoms with E-state index in [4.69, 9.17) is 5.26 Å². The molecule has 0 bridgehead atoms. The average molecular weight is 440 g/mol. The van der Waals surface area contributed by atoms with Gasteiger partial charge in [0.1, 0.15) is 22.6 Å². The number of carbonyl (C=O) groups is 2. The summed E-state index contributed by atoms with van der Waals surface area (Å²) in [5.74, 6) is -4.30. The van der Waals surface area contributed by atoms with Crippen molar-refractivity contribution >= 4 is 34.9 Å². The number of thiazole rings is 1. The van der Waals surface area contributed by atoms with Crippen LogP contribution in [0.4, 0.5) is 13.2 Å². The van der Waals surface area contributed by atoms with Crippen molar-refractivity contribution in [3.05, 3.63) is 46.2 Å². The molecule has 0 spiro atoms. The summed E-state index contributed by atoms with van der Waals surface area (Å²) in [6.45, 7) is -1.33. The average Bonchev–Trinajstić information content (AvgIpc) is 3.29. The molecule has 1 atom stereocenters. The number of carbonyl (C=O) groups excluding carboxylic acids is 2. The number of halogens is 3. The van der Waals surface area contributed by atoms with Gasteiger partial charge in [-0.15, -0.1) is 23.1 Å². The van der Waals surface area contributed by atoms with Crippen LogP contribution in [0.5, 0.6) is 0 Å². The first-order chi connectivity index (χ1) is 13.8. The van der Waals surface area contributed by atoms with Crippen LogP contribution in [0.25, 0.3) is 0 Å². The molecule has 1 aliphatic heterocycles. The van der Waals surface area contributed by atoms with Gasteiger partial charge >= 0.3 is 0 Å². The highest BCUT2D eigenvalue weighted by molar-refractivity contribution is 7.98. The van der Waals surface area contributed by atoms with Crippen molar-refractivity contribution < 1.29 is 22.8 Å². The van der Waals surface area contributed by atoms with Gasteiger partial charge in [0.25, 0.3) is 11.8 Å². The van der Waals surface area contributed by atoms with Crippen molar-refractivity contribution in [1.82, 2.24) is 15.2 Å². The number of likely N-dealkylation sites (tertiary alicyclic amines) is 1. The molecule has 2 amide bonds. The molecule has 0 aliphatic carbocycles. The second-order valence-electron chi connectivity index (χ2n) is 6.28. The third-order valence-electron chi connectivity index (χ3n) is 4.10. The molecular formula is C18H15F3N4O2S2. The van der Waals surface area contributed by atoms with E-state index in [2.05, 4.69) is 10.3 Å². The van der Waals surface area contributed by atoms with Gasteiger partial charge in [-0.25, -0.2) is 18.2 Å². The molecule has 2 aromatic rings. The van der Waals surface area contributed by atoms with E-state index in [0.717, 1.165) is 9.80 Å². The molecule has 152 valence electrons. The minimum atomic E-state index is -3.11. The number of nitrogens with zero attached hydrogens (tertiary/aromatic N) is 3. The van der Waals surface area contributed by atoms with Crippen LogP contribution < -0.4 is 5.32 Å². The Morgan fingerprint density at radius 2 is 2.10 bits per heavy atom. The largest absolute Gasteiger partial charge is 0.342 e. The van der Waals surface area contributed by atoms with Crippen molar-refractivity contribution in [2.45, 2.75) is 29.0 Å². The molecule has 1 aliphatic rings. The van der Waals surface area contributed by atoms with E-state index in [1.165, 1.54) is 40.6 Å². The van der Waals surface area contributed by atoms with Crippen molar-refractivity contribution in [2.24, 2.45) is 0 Å². The van der Waals surface area contributed by atoms with Crippen molar-refractivity contribution in [2.75, 3.05) is 13.1 Å². The smallest absolute Gasteiger partial charge is 0.271 e. The zero-order valence-electron chi connectivity index (χ0n) is 14.9. The molecule has 1 aromatic heterocycles. The maximum Gasteiger partial charge on any atom is 0.271 e. The standard InChI is InChI=1S/C18H15F3N4O2S2/c19-11-1-3-13(4-2-11)28-9-15-24-14(8-29-15)17(27)23-7-16(26)25-10-18(20,21)5-12(25)6-22/h1-4,8,12H,5,7,9-10H2,(H,23,27)/t12-/m0/s1. The topological polar surface area (TPSA) is 86.1 Å². The van der Waals surface area contributed by atoms with Crippen LogP contribution in [-0.2, 0) is 10.5 Å². The molecule has 3 rings (SSSR count). The number of amides is 2. The lowest BCUT2D eigenvalue weighted by Gasteiger charge is -2.19. The molecular weight excluding hydrogens is 425 g/mol. The van der Waals surface area contributed by atoms with Crippen LogP contribution in [0.3, 0.4) is 0 Å². The lowest BCUT2D eigenvalue weighted by molar-refractivity contribution is -0.131. The van der Waals surface area contributed by atoms with E-state index in [0.29, 0.717) is 10.8 Å². The summed E-state index contributed by atoms with van der Waals surface area (Å²) < 4.78 is 39.7. The number of hydrogen-bond acceptors (Lipinski definition) is 6. The summed E-state index contributed by atoms with van der Waals surface area (Å²) in [5.41, 5.74) is 0.112. The van der Waals surface area contributed by atoms with Crippen molar-refractivity contribution in [3.8, 4) is 6.07 Å². The van der Waals surface area contributed by atoms with Gasteiger partial charge < -0.3 is 10.2 Å². The lowest BCUT2D eigenvalue weighted by atomic mass is 10.2. The summed E-state index contributed by atoms with van der Waals surface area (Å²) in [6, 6.07) is 6.47. The highest BCUT2D eigenvalue weighted by atomic mass is 32.2. The Balaban J connectivity index is 1.50. The predicted octanol–water partition coefficient (Wildman–Crippen LogP) is 3.06. The van der Waals surface area contributed by atoms with Crippen LogP contribution in [0.15, 0.2) is 34.5 Å². The first-order valence-corrected chi connectivity index (χ1v) is 10.3. The number of benzene rings is 1. The highest BCUT2D eigenvalue weighted by Crippen LogP contribution is 2.31. The lowest BCUT2D eigenvalue weighted by Crippen LogP contribution is -2.43. The molecule has 1 N–H and O–H groups in total. The first-order valence-electron chi connectivity index (χ1n) is 8.45. The molecule has 0 unspecified atom stereocenters. The van der Waals surface area contributed by atoms with Crippen molar-refractivity contribution in [1.29, 1.82) is 5.26 Å². The van der Waals surface area contributed by atoms with Crippen LogP contribution in [0.2, 0.25) is 0 Å². The van der Waals surface area contributed by atoms with E-state index >= 15 is 0 Å². The van der Waals surface area contributed by atoms with Gasteiger partial charge in [0.2, 0.25) is 5.91 Å². The molecule has 1 fully saturated rings. The van der Waals surface area contributed by atoms with Crippen LogP contribution >= 0.6 is 23.1 Å². The number of thioether (sulfide) groups is 1. The fraction of sp³-hybridized carbons (Fsp3) is 0.333. The molecule has 2 heterocycles. The summed E-state index contributed by atoms with van der Waals surface area (Å²) >= 11 is 2.69. The number of nitrogens with one attached hydrogen (secondary N) is 1. The monoisotopic (exact) mass is 440 g/mol. The minimum absolute atomic E-state index is 0.112. The SMILES string of the molecule is N#C[C@@H]1CC(F)(F)CN1C(=O)CNC(=O)c1csc(CSc2ccc(F)cc2)n1. The quantitative estimate of drug-likeness (QED) is 0.698. The van der Waals surface area contributed by atoms with Gasteiger partial charge in [-0.1, -0.05) is 0 Å². The fourth-order valence-corrected chi connectivity index (χ4v) is 4.39. The zero-order valence-corrected chi connectivity index (χ0v) is 16.5. The second kappa shape index (κ2) is 8.84. The summed E-state index contributed by atoms with van der Waals surface area (Å²) in [4.78, 5) is 30.1. The number of hydrogen-bond donors (Lipinski definition) is 1. The maximum absolute atomic E-state index is 13.4. The Morgan fingerprint density at radius 1 is 1.38 bits per heavy atom. The highest BCUT2D eigenvalue weighted by Gasteiger charge is 2.47. The van der Waals surface area contributed by atoms with Gasteiger partial charge in [-0.2, -0.15) is 5.26 Å². The molecule has 0 radical (unpaired) electrons. The molecule has 11 heteroatoms. The third-order valence-corrected chi connectivity index (χ3v) is 6.15. The van der Waals surface area contributed by atoms with E-state index in [1.54, 1.807) is 18.2 Å². The van der Waals surface area contributed by atoms with Crippen molar-refractivity contribution in [3.63, 3.8) is 0 Å². The van der Waals surface area contributed by atoms with Gasteiger partial charge in [-0.3, -0.25) is 9.59 Å². The maximum atomic E-state index is 13.4. The van der Waals surface area contributed by atoms with E-state index in [9.17, 15) is 22.8 Å². The summed E-state index contributed by atoms with van der Waals surface area (Å²) in [5, 5.41) is 13.5. The normalized spacial score (nSPS) is 17.7. The summed E-state index contributed by atoms with van der Waals surface area (Å²) in [6.07, 6.45) is -0.704. The van der Waals surface area contributed by atoms with E-state index in [1.807, 2.05) is 0 Å². The van der Waals surface area contributed by atoms with Gasteiger partial charge in [0.05, 0.1) is 24.9 Å². The van der Waals surface area contributed by atoms with Gasteiger partial charge in [0.15, 0.2) is 0 Å². The van der Waals surface area contributed by atoms with Crippen LogP contribution in [0, 0.1) is 17.1 Å². The second-order valence-corrected chi connectivity index (χ2v) is 8.27. The predicted molar refractivity (Wildman–Crippen MR) is 101 cm³/mol. The van der Waals surface area contributed by atoms with Crippen LogP contribution in [-0.4, -0.2) is 46.8 Å². The molecule has 6 nitrogen and oxygen atoms in total. The molecule has 1 aromatic carbocycles. The Hall–Kier alpha value is -2.58. The molecule has 1 saturated heterocycles. The van der Waals surface area contributed by atoms with E-state index < -0.39 is 43.3 Å². The van der Waals surface area contributed by atoms with Gasteiger partial charge in [-0.05, 0) is 24.3 Å². The van der Waals surface area contributed by atoms with Gasteiger partial charge in [0, 0.05) is 16.7 Å². The Bertz CT molecular complexity index is 943. The third kappa shape index (κ3) is 5.48. The number of alkyl halides is 2. The fourth-order valence-electron chi connectivity index (χ4n) is 2.70. The Labute approximate surface area is 172 Å². The van der Waals surface area contributed by atoms with Crippen LogP contribution in [0.1, 0.15) is 21.9 Å². The van der Waals surface area contributed by atoms with E-state index in [-0.39, 0.29) is 11.5 Å².